The van der Waals surface area contributed by atoms with Crippen molar-refractivity contribution in [3.63, 3.8) is 0 Å². The number of fused-ring (bicyclic) bond motifs is 1. The average molecular weight is 370 g/mol. The molecule has 0 aliphatic carbocycles. The van der Waals surface area contributed by atoms with Crippen molar-refractivity contribution >= 4 is 28.4 Å². The number of halogens is 1. The Labute approximate surface area is 156 Å². The van der Waals surface area contributed by atoms with Gasteiger partial charge in [0.2, 0.25) is 0 Å². The first-order valence-corrected chi connectivity index (χ1v) is 9.25. The second-order valence-electron chi connectivity index (χ2n) is 6.51. The number of furan rings is 1. The number of carbonyl (C=O) groups is 1. The van der Waals surface area contributed by atoms with Gasteiger partial charge in [-0.2, -0.15) is 0 Å². The number of para-hydroxylation sites is 1. The summed E-state index contributed by atoms with van der Waals surface area (Å²) in [5, 5.41) is 7.73. The number of amides is 1. The second-order valence-corrected chi connectivity index (χ2v) is 6.91. The van der Waals surface area contributed by atoms with Gasteiger partial charge in [0.1, 0.15) is 5.69 Å². The lowest BCUT2D eigenvalue weighted by Crippen LogP contribution is -2.30. The van der Waals surface area contributed by atoms with E-state index in [2.05, 4.69) is 15.6 Å². The highest BCUT2D eigenvalue weighted by Gasteiger charge is 2.18. The normalized spacial score (nSPS) is 16.9. The first kappa shape index (κ1) is 17.1. The summed E-state index contributed by atoms with van der Waals surface area (Å²) in [6, 6.07) is 11.3. The largest absolute Gasteiger partial charge is 0.463 e. The summed E-state index contributed by atoms with van der Waals surface area (Å²) in [4.78, 5) is 17.4. The minimum atomic E-state index is -0.120. The van der Waals surface area contributed by atoms with Crippen LogP contribution in [0, 0.1) is 0 Å². The Morgan fingerprint density at radius 1 is 1.35 bits per heavy atom. The first-order valence-electron chi connectivity index (χ1n) is 8.87. The van der Waals surface area contributed by atoms with E-state index in [1.807, 2.05) is 18.2 Å². The van der Waals surface area contributed by atoms with Crippen molar-refractivity contribution < 1.29 is 9.21 Å². The van der Waals surface area contributed by atoms with Crippen LogP contribution in [0.2, 0.25) is 5.02 Å². The van der Waals surface area contributed by atoms with Crippen molar-refractivity contribution in [3.05, 3.63) is 53.2 Å². The maximum atomic E-state index is 12.8. The summed E-state index contributed by atoms with van der Waals surface area (Å²) in [6.07, 6.45) is 4.90. The predicted octanol–water partition coefficient (Wildman–Crippen LogP) is 4.02. The summed E-state index contributed by atoms with van der Waals surface area (Å²) in [5.41, 5.74) is 1.76. The topological polar surface area (TPSA) is 67.2 Å². The molecule has 1 aliphatic heterocycles. The molecule has 1 saturated heterocycles. The highest BCUT2D eigenvalue weighted by Crippen LogP contribution is 2.29. The summed E-state index contributed by atoms with van der Waals surface area (Å²) >= 11 is 6.32. The standard InChI is InChI=1S/C20H20ClN3O2/c21-16-6-1-5-14-15(20(25)23-10-8-13-4-2-9-22-13)12-17(24-19(14)16)18-7-3-11-26-18/h1,3,5-7,11-13,22H,2,4,8-10H2,(H,23,25)/t13-/m1/s1. The van der Waals surface area contributed by atoms with Gasteiger partial charge < -0.3 is 15.1 Å². The van der Waals surface area contributed by atoms with Crippen LogP contribution in [-0.2, 0) is 0 Å². The molecule has 3 aromatic rings. The van der Waals surface area contributed by atoms with Gasteiger partial charge in [-0.3, -0.25) is 4.79 Å². The molecule has 0 bridgehead atoms. The van der Waals surface area contributed by atoms with E-state index in [1.54, 1.807) is 24.5 Å². The third-order valence-electron chi connectivity index (χ3n) is 4.75. The number of hydrogen-bond acceptors (Lipinski definition) is 4. The van der Waals surface area contributed by atoms with Gasteiger partial charge in [0.05, 0.1) is 22.4 Å². The Morgan fingerprint density at radius 3 is 3.04 bits per heavy atom. The van der Waals surface area contributed by atoms with Gasteiger partial charge in [-0.25, -0.2) is 4.98 Å². The van der Waals surface area contributed by atoms with Crippen LogP contribution < -0.4 is 10.6 Å². The molecule has 1 aliphatic rings. The molecule has 0 spiro atoms. The molecule has 26 heavy (non-hydrogen) atoms. The lowest BCUT2D eigenvalue weighted by Gasteiger charge is -2.13. The van der Waals surface area contributed by atoms with Crippen molar-refractivity contribution in [2.24, 2.45) is 0 Å². The average Bonchev–Trinajstić information content (AvgIpc) is 3.35. The van der Waals surface area contributed by atoms with Crippen LogP contribution in [0.4, 0.5) is 0 Å². The molecular weight excluding hydrogens is 350 g/mol. The third-order valence-corrected chi connectivity index (χ3v) is 5.05. The van der Waals surface area contributed by atoms with E-state index in [-0.39, 0.29) is 5.91 Å². The highest BCUT2D eigenvalue weighted by atomic mass is 35.5. The van der Waals surface area contributed by atoms with Gasteiger partial charge >= 0.3 is 0 Å². The Morgan fingerprint density at radius 2 is 2.27 bits per heavy atom. The van der Waals surface area contributed by atoms with Crippen LogP contribution in [-0.4, -0.2) is 30.0 Å². The van der Waals surface area contributed by atoms with Crippen LogP contribution in [0.3, 0.4) is 0 Å². The molecule has 1 atom stereocenters. The lowest BCUT2D eigenvalue weighted by molar-refractivity contribution is 0.0954. The summed E-state index contributed by atoms with van der Waals surface area (Å²) in [7, 11) is 0. The molecule has 0 unspecified atom stereocenters. The number of carbonyl (C=O) groups excluding carboxylic acids is 1. The predicted molar refractivity (Wildman–Crippen MR) is 102 cm³/mol. The molecule has 2 N–H and O–H groups in total. The molecule has 5 nitrogen and oxygen atoms in total. The Balaban J connectivity index is 1.63. The van der Waals surface area contributed by atoms with Gasteiger partial charge in [0.15, 0.2) is 5.76 Å². The van der Waals surface area contributed by atoms with E-state index >= 15 is 0 Å². The summed E-state index contributed by atoms with van der Waals surface area (Å²) in [6.45, 7) is 1.70. The molecule has 3 heterocycles. The van der Waals surface area contributed by atoms with Crippen molar-refractivity contribution in [1.29, 1.82) is 0 Å². The summed E-state index contributed by atoms with van der Waals surface area (Å²) < 4.78 is 5.45. The zero-order chi connectivity index (χ0) is 17.9. The van der Waals surface area contributed by atoms with Gasteiger partial charge in [0, 0.05) is 18.0 Å². The zero-order valence-corrected chi connectivity index (χ0v) is 15.1. The Kier molecular flexibility index (Phi) is 4.91. The number of nitrogens with one attached hydrogen (secondary N) is 2. The molecule has 134 valence electrons. The maximum absolute atomic E-state index is 12.8. The molecule has 4 rings (SSSR count). The minimum absolute atomic E-state index is 0.120. The molecule has 1 fully saturated rings. The van der Waals surface area contributed by atoms with Crippen molar-refractivity contribution in [3.8, 4) is 11.5 Å². The van der Waals surface area contributed by atoms with Crippen LogP contribution in [0.15, 0.2) is 47.1 Å². The zero-order valence-electron chi connectivity index (χ0n) is 14.3. The number of aromatic nitrogens is 1. The number of pyridine rings is 1. The molecule has 6 heteroatoms. The number of hydrogen-bond donors (Lipinski definition) is 2. The maximum Gasteiger partial charge on any atom is 0.252 e. The number of rotatable bonds is 5. The van der Waals surface area contributed by atoms with Crippen molar-refractivity contribution in [2.45, 2.75) is 25.3 Å². The van der Waals surface area contributed by atoms with Gasteiger partial charge in [-0.05, 0) is 50.1 Å². The second kappa shape index (κ2) is 7.48. The highest BCUT2D eigenvalue weighted by molar-refractivity contribution is 6.35. The van der Waals surface area contributed by atoms with Gasteiger partial charge in [-0.15, -0.1) is 0 Å². The van der Waals surface area contributed by atoms with E-state index in [1.165, 1.54) is 12.8 Å². The minimum Gasteiger partial charge on any atom is -0.463 e. The fourth-order valence-corrected chi connectivity index (χ4v) is 3.63. The quantitative estimate of drug-likeness (QED) is 0.712. The third kappa shape index (κ3) is 3.45. The van der Waals surface area contributed by atoms with Crippen molar-refractivity contribution in [1.82, 2.24) is 15.6 Å². The van der Waals surface area contributed by atoms with Crippen LogP contribution in [0.25, 0.3) is 22.4 Å². The van der Waals surface area contributed by atoms with Gasteiger partial charge in [-0.1, -0.05) is 23.7 Å². The molecule has 1 aromatic carbocycles. The summed E-state index contributed by atoms with van der Waals surface area (Å²) in [5.74, 6) is 0.487. The fraction of sp³-hybridized carbons (Fsp3) is 0.300. The molecule has 0 radical (unpaired) electrons. The number of benzene rings is 1. The Hall–Kier alpha value is -2.37. The van der Waals surface area contributed by atoms with Crippen LogP contribution in [0.5, 0.6) is 0 Å². The molecular formula is C20H20ClN3O2. The van der Waals surface area contributed by atoms with E-state index in [0.29, 0.717) is 40.1 Å². The van der Waals surface area contributed by atoms with E-state index in [4.69, 9.17) is 16.0 Å². The van der Waals surface area contributed by atoms with Gasteiger partial charge in [0.25, 0.3) is 5.91 Å². The monoisotopic (exact) mass is 369 g/mol. The molecule has 2 aromatic heterocycles. The first-order chi connectivity index (χ1) is 12.7. The smallest absolute Gasteiger partial charge is 0.252 e. The van der Waals surface area contributed by atoms with Crippen molar-refractivity contribution in [2.75, 3.05) is 13.1 Å². The van der Waals surface area contributed by atoms with E-state index < -0.39 is 0 Å². The number of nitrogens with zero attached hydrogens (tertiary/aromatic N) is 1. The van der Waals surface area contributed by atoms with Crippen LogP contribution >= 0.6 is 11.6 Å². The molecule has 1 amide bonds. The van der Waals surface area contributed by atoms with E-state index in [9.17, 15) is 4.79 Å². The van der Waals surface area contributed by atoms with Crippen LogP contribution in [0.1, 0.15) is 29.6 Å². The lowest BCUT2D eigenvalue weighted by atomic mass is 10.1. The molecule has 0 saturated carbocycles. The SMILES string of the molecule is O=C(NCC[C@H]1CCCN1)c1cc(-c2ccco2)nc2c(Cl)cccc12. The fourth-order valence-electron chi connectivity index (χ4n) is 3.41. The Bertz CT molecular complexity index is 918. The van der Waals surface area contributed by atoms with E-state index in [0.717, 1.165) is 18.4 Å².